The number of esters is 1. The van der Waals surface area contributed by atoms with Crippen molar-refractivity contribution in [2.75, 3.05) is 6.61 Å². The summed E-state index contributed by atoms with van der Waals surface area (Å²) in [6.45, 7) is 6.57. The normalized spacial score (nSPS) is 23.3. The molecule has 1 aromatic rings. The predicted molar refractivity (Wildman–Crippen MR) is 72.9 cm³/mol. The summed E-state index contributed by atoms with van der Waals surface area (Å²) < 4.78 is 5.16. The molecule has 0 N–H and O–H groups in total. The van der Waals surface area contributed by atoms with E-state index in [1.165, 1.54) is 16.7 Å². The van der Waals surface area contributed by atoms with Crippen LogP contribution in [-0.2, 0) is 9.53 Å². The quantitative estimate of drug-likeness (QED) is 0.758. The van der Waals surface area contributed by atoms with Gasteiger partial charge in [-0.2, -0.15) is 0 Å². The lowest BCUT2D eigenvalue weighted by atomic mass is 9.94. The molecule has 2 heteroatoms. The number of ether oxygens (including phenoxy) is 1. The van der Waals surface area contributed by atoms with Crippen LogP contribution in [0.2, 0.25) is 0 Å². The first-order chi connectivity index (χ1) is 8.65. The molecule has 0 heterocycles. The third-order valence-corrected chi connectivity index (χ3v) is 3.90. The monoisotopic (exact) mass is 244 g/mol. The van der Waals surface area contributed by atoms with E-state index in [4.69, 9.17) is 4.74 Å². The van der Waals surface area contributed by atoms with E-state index in [0.717, 1.165) is 6.42 Å². The van der Waals surface area contributed by atoms with Gasteiger partial charge in [-0.3, -0.25) is 4.79 Å². The lowest BCUT2D eigenvalue weighted by Crippen LogP contribution is -2.21. The summed E-state index contributed by atoms with van der Waals surface area (Å²) >= 11 is 0. The first kappa shape index (κ1) is 12.9. The molecule has 1 aromatic carbocycles. The summed E-state index contributed by atoms with van der Waals surface area (Å²) in [6, 6.07) is 10.3. The molecule has 96 valence electrons. The van der Waals surface area contributed by atoms with Crippen LogP contribution in [0.5, 0.6) is 0 Å². The van der Waals surface area contributed by atoms with Gasteiger partial charge in [0.15, 0.2) is 0 Å². The summed E-state index contributed by atoms with van der Waals surface area (Å²) in [7, 11) is 0. The van der Waals surface area contributed by atoms with Crippen molar-refractivity contribution in [1.82, 2.24) is 0 Å². The van der Waals surface area contributed by atoms with Crippen molar-refractivity contribution in [2.45, 2.75) is 27.2 Å². The average Bonchev–Trinajstić information content (AvgIpc) is 2.68. The van der Waals surface area contributed by atoms with Crippen molar-refractivity contribution < 1.29 is 9.53 Å². The third-order valence-electron chi connectivity index (χ3n) is 3.90. The average molecular weight is 244 g/mol. The van der Waals surface area contributed by atoms with E-state index < -0.39 is 0 Å². The molecule has 0 saturated heterocycles. The Bertz CT molecular complexity index is 459. The number of carbonyl (C=O) groups is 1. The van der Waals surface area contributed by atoms with Gasteiger partial charge in [0.05, 0.1) is 12.5 Å². The highest BCUT2D eigenvalue weighted by molar-refractivity contribution is 5.82. The van der Waals surface area contributed by atoms with Crippen molar-refractivity contribution in [2.24, 2.45) is 11.8 Å². The van der Waals surface area contributed by atoms with Gasteiger partial charge in [-0.15, -0.1) is 0 Å². The molecule has 0 fully saturated rings. The maximum atomic E-state index is 11.9. The van der Waals surface area contributed by atoms with Crippen LogP contribution in [0.1, 0.15) is 32.8 Å². The van der Waals surface area contributed by atoms with Gasteiger partial charge in [-0.1, -0.05) is 42.8 Å². The Morgan fingerprint density at radius 3 is 2.61 bits per heavy atom. The molecule has 0 spiro atoms. The summed E-state index contributed by atoms with van der Waals surface area (Å²) in [4.78, 5) is 11.9. The second-order valence-corrected chi connectivity index (χ2v) is 4.88. The molecule has 0 aromatic heterocycles. The maximum absolute atomic E-state index is 11.9. The fraction of sp³-hybridized carbons (Fsp3) is 0.438. The zero-order chi connectivity index (χ0) is 13.1. The van der Waals surface area contributed by atoms with Crippen LogP contribution in [0.4, 0.5) is 0 Å². The Morgan fingerprint density at radius 1 is 1.33 bits per heavy atom. The molecule has 1 aliphatic rings. The Labute approximate surface area is 109 Å². The SMILES string of the molecule is CCOC(=O)[C@@H]1CC(c2ccccc2)=C(C)[C@H]1C. The highest BCUT2D eigenvalue weighted by atomic mass is 16.5. The van der Waals surface area contributed by atoms with Gasteiger partial charge in [0.2, 0.25) is 0 Å². The largest absolute Gasteiger partial charge is 0.466 e. The third kappa shape index (κ3) is 2.33. The molecule has 0 unspecified atom stereocenters. The number of carbonyl (C=O) groups excluding carboxylic acids is 1. The summed E-state index contributed by atoms with van der Waals surface area (Å²) in [6.07, 6.45) is 0.801. The molecule has 2 nitrogen and oxygen atoms in total. The second-order valence-electron chi connectivity index (χ2n) is 4.88. The van der Waals surface area contributed by atoms with Gasteiger partial charge in [-0.05, 0) is 37.3 Å². The van der Waals surface area contributed by atoms with E-state index in [1.807, 2.05) is 25.1 Å². The number of allylic oxidation sites excluding steroid dienone is 2. The van der Waals surface area contributed by atoms with E-state index in [1.54, 1.807) is 0 Å². The standard InChI is InChI=1S/C16H20O2/c1-4-18-16(17)15-10-14(11(2)12(15)3)13-8-6-5-7-9-13/h5-9,12,15H,4,10H2,1-3H3/t12-,15-/m1/s1. The van der Waals surface area contributed by atoms with Crippen LogP contribution < -0.4 is 0 Å². The number of rotatable bonds is 3. The van der Waals surface area contributed by atoms with Gasteiger partial charge in [0.25, 0.3) is 0 Å². The van der Waals surface area contributed by atoms with Gasteiger partial charge in [0, 0.05) is 0 Å². The minimum atomic E-state index is -0.0599. The Hall–Kier alpha value is -1.57. The molecule has 0 amide bonds. The maximum Gasteiger partial charge on any atom is 0.309 e. The lowest BCUT2D eigenvalue weighted by Gasteiger charge is -2.14. The van der Waals surface area contributed by atoms with Crippen molar-refractivity contribution in [1.29, 1.82) is 0 Å². The van der Waals surface area contributed by atoms with E-state index in [0.29, 0.717) is 6.61 Å². The smallest absolute Gasteiger partial charge is 0.309 e. The van der Waals surface area contributed by atoms with E-state index in [-0.39, 0.29) is 17.8 Å². The van der Waals surface area contributed by atoms with Crippen molar-refractivity contribution in [3.05, 3.63) is 41.5 Å². The highest BCUT2D eigenvalue weighted by Gasteiger charge is 2.35. The fourth-order valence-electron chi connectivity index (χ4n) is 2.66. The Morgan fingerprint density at radius 2 is 2.00 bits per heavy atom. The molecule has 2 rings (SSSR count). The minimum absolute atomic E-state index is 0.0137. The van der Waals surface area contributed by atoms with Crippen LogP contribution in [0.3, 0.4) is 0 Å². The Balaban J connectivity index is 2.22. The zero-order valence-corrected chi connectivity index (χ0v) is 11.3. The molecule has 0 bridgehead atoms. The molecule has 1 aliphatic carbocycles. The summed E-state index contributed by atoms with van der Waals surface area (Å²) in [5.74, 6) is 0.203. The number of hydrogen-bond acceptors (Lipinski definition) is 2. The second kappa shape index (κ2) is 5.38. The van der Waals surface area contributed by atoms with Gasteiger partial charge >= 0.3 is 5.97 Å². The summed E-state index contributed by atoms with van der Waals surface area (Å²) in [5, 5.41) is 0. The van der Waals surface area contributed by atoms with E-state index in [2.05, 4.69) is 26.0 Å². The van der Waals surface area contributed by atoms with Crippen molar-refractivity contribution in [3.63, 3.8) is 0 Å². The van der Waals surface area contributed by atoms with Crippen molar-refractivity contribution in [3.8, 4) is 0 Å². The molecule has 0 aliphatic heterocycles. The molecular weight excluding hydrogens is 224 g/mol. The van der Waals surface area contributed by atoms with Crippen LogP contribution >= 0.6 is 0 Å². The molecular formula is C16H20O2. The lowest BCUT2D eigenvalue weighted by molar-refractivity contribution is -0.148. The van der Waals surface area contributed by atoms with E-state index in [9.17, 15) is 4.79 Å². The van der Waals surface area contributed by atoms with Crippen LogP contribution in [0.25, 0.3) is 5.57 Å². The van der Waals surface area contributed by atoms with Crippen LogP contribution in [0, 0.1) is 11.8 Å². The van der Waals surface area contributed by atoms with Gasteiger partial charge < -0.3 is 4.74 Å². The van der Waals surface area contributed by atoms with Gasteiger partial charge in [0.1, 0.15) is 0 Å². The Kier molecular flexibility index (Phi) is 3.85. The number of benzene rings is 1. The topological polar surface area (TPSA) is 26.3 Å². The number of hydrogen-bond donors (Lipinski definition) is 0. The summed E-state index contributed by atoms with van der Waals surface area (Å²) in [5.41, 5.74) is 3.86. The molecule has 0 radical (unpaired) electrons. The first-order valence-electron chi connectivity index (χ1n) is 6.56. The van der Waals surface area contributed by atoms with Gasteiger partial charge in [-0.25, -0.2) is 0 Å². The zero-order valence-electron chi connectivity index (χ0n) is 11.3. The molecule has 18 heavy (non-hydrogen) atoms. The minimum Gasteiger partial charge on any atom is -0.466 e. The van der Waals surface area contributed by atoms with Crippen LogP contribution in [-0.4, -0.2) is 12.6 Å². The predicted octanol–water partition coefficient (Wildman–Crippen LogP) is 3.68. The molecule has 2 atom stereocenters. The van der Waals surface area contributed by atoms with Crippen LogP contribution in [0.15, 0.2) is 35.9 Å². The highest BCUT2D eigenvalue weighted by Crippen LogP contribution is 2.42. The molecule has 0 saturated carbocycles. The fourth-order valence-corrected chi connectivity index (χ4v) is 2.66. The van der Waals surface area contributed by atoms with E-state index >= 15 is 0 Å². The first-order valence-corrected chi connectivity index (χ1v) is 6.56. The van der Waals surface area contributed by atoms with Crippen molar-refractivity contribution >= 4 is 11.5 Å².